The predicted molar refractivity (Wildman–Crippen MR) is 77.4 cm³/mol. The molecule has 0 fully saturated rings. The second kappa shape index (κ2) is 6.06. The Morgan fingerprint density at radius 2 is 2.05 bits per heavy atom. The van der Waals surface area contributed by atoms with Crippen LogP contribution in [0, 0.1) is 12.7 Å². The maximum Gasteiger partial charge on any atom is 0.170 e. The largest absolute Gasteiger partial charge is 0.409 e. The molecule has 0 aliphatic rings. The zero-order chi connectivity index (χ0) is 14.5. The van der Waals surface area contributed by atoms with Gasteiger partial charge in [-0.2, -0.15) is 0 Å². The average Bonchev–Trinajstić information content (AvgIpc) is 2.47. The number of hydrogen-bond acceptors (Lipinski definition) is 3. The van der Waals surface area contributed by atoms with Crippen LogP contribution >= 0.6 is 0 Å². The summed E-state index contributed by atoms with van der Waals surface area (Å²) >= 11 is 0. The first-order valence-electron chi connectivity index (χ1n) is 6.17. The summed E-state index contributed by atoms with van der Waals surface area (Å²) in [7, 11) is 0. The van der Waals surface area contributed by atoms with Gasteiger partial charge in [-0.1, -0.05) is 35.5 Å². The van der Waals surface area contributed by atoms with Crippen molar-refractivity contribution in [1.29, 1.82) is 0 Å². The maximum absolute atomic E-state index is 13.6. The monoisotopic (exact) mass is 273 g/mol. The second-order valence-corrected chi connectivity index (χ2v) is 4.48. The van der Waals surface area contributed by atoms with Gasteiger partial charge in [0.2, 0.25) is 0 Å². The first-order valence-corrected chi connectivity index (χ1v) is 6.17. The van der Waals surface area contributed by atoms with Crippen LogP contribution in [0.2, 0.25) is 0 Å². The van der Waals surface area contributed by atoms with Gasteiger partial charge in [0.15, 0.2) is 5.84 Å². The third-order valence-electron chi connectivity index (χ3n) is 2.99. The lowest BCUT2D eigenvalue weighted by atomic mass is 10.1. The minimum atomic E-state index is -0.308. The molecule has 0 unspecified atom stereocenters. The molecule has 0 aliphatic carbocycles. The summed E-state index contributed by atoms with van der Waals surface area (Å²) in [5.41, 5.74) is 8.46. The molecule has 0 saturated carbocycles. The van der Waals surface area contributed by atoms with Crippen LogP contribution in [0.3, 0.4) is 0 Å². The molecule has 0 heterocycles. The standard InChI is InChI=1S/C15H16FN3O/c1-10-6-7-13(16)14(8-10)18-9-11-4-2-3-5-12(11)15(17)19-20/h2-8,18,20H,9H2,1H3,(H2,17,19). The van der Waals surface area contributed by atoms with Crippen molar-refractivity contribution in [3.63, 3.8) is 0 Å². The van der Waals surface area contributed by atoms with E-state index in [1.165, 1.54) is 6.07 Å². The fraction of sp³-hybridized carbons (Fsp3) is 0.133. The minimum absolute atomic E-state index is 0.0344. The van der Waals surface area contributed by atoms with E-state index >= 15 is 0 Å². The zero-order valence-electron chi connectivity index (χ0n) is 11.1. The van der Waals surface area contributed by atoms with Crippen LogP contribution in [0.25, 0.3) is 0 Å². The molecule has 0 bridgehead atoms. The highest BCUT2D eigenvalue weighted by atomic mass is 19.1. The molecule has 4 nitrogen and oxygen atoms in total. The smallest absolute Gasteiger partial charge is 0.170 e. The number of nitrogens with one attached hydrogen (secondary N) is 1. The Kier molecular flexibility index (Phi) is 4.20. The van der Waals surface area contributed by atoms with E-state index in [0.29, 0.717) is 17.8 Å². The summed E-state index contributed by atoms with van der Waals surface area (Å²) in [6, 6.07) is 12.1. The number of anilines is 1. The Balaban J connectivity index is 2.21. The van der Waals surface area contributed by atoms with Crippen molar-refractivity contribution in [1.82, 2.24) is 0 Å². The molecule has 2 aromatic carbocycles. The fourth-order valence-electron chi connectivity index (χ4n) is 1.94. The van der Waals surface area contributed by atoms with E-state index in [2.05, 4.69) is 10.5 Å². The summed E-state index contributed by atoms with van der Waals surface area (Å²) < 4.78 is 13.6. The van der Waals surface area contributed by atoms with Crippen LogP contribution in [0.4, 0.5) is 10.1 Å². The van der Waals surface area contributed by atoms with E-state index in [0.717, 1.165) is 11.1 Å². The first kappa shape index (κ1) is 13.9. The lowest BCUT2D eigenvalue weighted by Gasteiger charge is -2.11. The minimum Gasteiger partial charge on any atom is -0.409 e. The van der Waals surface area contributed by atoms with Gasteiger partial charge in [-0.25, -0.2) is 4.39 Å². The van der Waals surface area contributed by atoms with Crippen LogP contribution in [0.5, 0.6) is 0 Å². The van der Waals surface area contributed by atoms with Crippen LogP contribution in [-0.4, -0.2) is 11.0 Å². The Morgan fingerprint density at radius 3 is 2.80 bits per heavy atom. The normalized spacial score (nSPS) is 11.4. The third-order valence-corrected chi connectivity index (χ3v) is 2.99. The molecule has 0 atom stereocenters. The van der Waals surface area contributed by atoms with Crippen molar-refractivity contribution < 1.29 is 9.60 Å². The van der Waals surface area contributed by atoms with Crippen molar-refractivity contribution in [3.8, 4) is 0 Å². The lowest BCUT2D eigenvalue weighted by Crippen LogP contribution is -2.17. The molecule has 0 saturated heterocycles. The number of oxime groups is 1. The Bertz CT molecular complexity index is 641. The van der Waals surface area contributed by atoms with Gasteiger partial charge in [0.1, 0.15) is 5.82 Å². The summed E-state index contributed by atoms with van der Waals surface area (Å²) in [6.45, 7) is 2.28. The lowest BCUT2D eigenvalue weighted by molar-refractivity contribution is 0.318. The number of aryl methyl sites for hydroxylation is 1. The highest BCUT2D eigenvalue weighted by Gasteiger charge is 2.07. The molecule has 0 aromatic heterocycles. The number of rotatable bonds is 4. The number of amidine groups is 1. The van der Waals surface area contributed by atoms with Crippen molar-refractivity contribution >= 4 is 11.5 Å². The molecular weight excluding hydrogens is 257 g/mol. The number of nitrogens with zero attached hydrogens (tertiary/aromatic N) is 1. The molecule has 2 rings (SSSR count). The Morgan fingerprint density at radius 1 is 1.30 bits per heavy atom. The quantitative estimate of drug-likeness (QED) is 0.347. The summed E-state index contributed by atoms with van der Waals surface area (Å²) in [6.07, 6.45) is 0. The zero-order valence-corrected chi connectivity index (χ0v) is 11.1. The van der Waals surface area contributed by atoms with E-state index in [9.17, 15) is 4.39 Å². The van der Waals surface area contributed by atoms with Crippen molar-refractivity contribution in [3.05, 3.63) is 65.0 Å². The predicted octanol–water partition coefficient (Wildman–Crippen LogP) is 2.84. The molecule has 5 heteroatoms. The number of nitrogens with two attached hydrogens (primary N) is 1. The topological polar surface area (TPSA) is 70.6 Å². The van der Waals surface area contributed by atoms with Crippen molar-refractivity contribution in [2.24, 2.45) is 10.9 Å². The summed E-state index contributed by atoms with van der Waals surface area (Å²) in [5.74, 6) is -0.274. The molecule has 2 aromatic rings. The summed E-state index contributed by atoms with van der Waals surface area (Å²) in [5, 5.41) is 14.8. The number of benzene rings is 2. The summed E-state index contributed by atoms with van der Waals surface area (Å²) in [4.78, 5) is 0. The van der Waals surface area contributed by atoms with Crippen LogP contribution < -0.4 is 11.1 Å². The van der Waals surface area contributed by atoms with Crippen LogP contribution in [0.15, 0.2) is 47.6 Å². The Hall–Kier alpha value is -2.56. The first-order chi connectivity index (χ1) is 9.61. The second-order valence-electron chi connectivity index (χ2n) is 4.48. The third kappa shape index (κ3) is 3.06. The fourth-order valence-corrected chi connectivity index (χ4v) is 1.94. The number of halogens is 1. The molecule has 0 aliphatic heterocycles. The van der Waals surface area contributed by atoms with Crippen molar-refractivity contribution in [2.45, 2.75) is 13.5 Å². The molecule has 0 spiro atoms. The van der Waals surface area contributed by atoms with Crippen LogP contribution in [0.1, 0.15) is 16.7 Å². The molecular formula is C15H16FN3O. The molecule has 104 valence electrons. The van der Waals surface area contributed by atoms with Gasteiger partial charge in [0.25, 0.3) is 0 Å². The van der Waals surface area contributed by atoms with Gasteiger partial charge < -0.3 is 16.3 Å². The van der Waals surface area contributed by atoms with Gasteiger partial charge >= 0.3 is 0 Å². The Labute approximate surface area is 116 Å². The highest BCUT2D eigenvalue weighted by molar-refractivity contribution is 5.98. The average molecular weight is 273 g/mol. The van der Waals surface area contributed by atoms with E-state index in [1.807, 2.05) is 19.1 Å². The van der Waals surface area contributed by atoms with E-state index in [-0.39, 0.29) is 11.7 Å². The van der Waals surface area contributed by atoms with Gasteiger partial charge in [-0.05, 0) is 30.2 Å². The van der Waals surface area contributed by atoms with E-state index in [1.54, 1.807) is 24.3 Å². The van der Waals surface area contributed by atoms with Crippen molar-refractivity contribution in [2.75, 3.05) is 5.32 Å². The molecule has 4 N–H and O–H groups in total. The molecule has 0 radical (unpaired) electrons. The van der Waals surface area contributed by atoms with Gasteiger partial charge in [0, 0.05) is 12.1 Å². The number of hydrogen-bond donors (Lipinski definition) is 3. The van der Waals surface area contributed by atoms with Gasteiger partial charge in [-0.3, -0.25) is 0 Å². The maximum atomic E-state index is 13.6. The van der Waals surface area contributed by atoms with Gasteiger partial charge in [-0.15, -0.1) is 0 Å². The van der Waals surface area contributed by atoms with E-state index in [4.69, 9.17) is 10.9 Å². The van der Waals surface area contributed by atoms with Crippen LogP contribution in [-0.2, 0) is 6.54 Å². The highest BCUT2D eigenvalue weighted by Crippen LogP contribution is 2.17. The SMILES string of the molecule is Cc1ccc(F)c(NCc2ccccc2C(N)=NO)c1. The molecule has 0 amide bonds. The molecule has 20 heavy (non-hydrogen) atoms. The van der Waals surface area contributed by atoms with Gasteiger partial charge in [0.05, 0.1) is 5.69 Å². The van der Waals surface area contributed by atoms with E-state index < -0.39 is 0 Å².